The van der Waals surface area contributed by atoms with Crippen LogP contribution in [0, 0.1) is 27.7 Å². The fraction of sp³-hybridized carbons (Fsp3) is 0.394. The maximum Gasteiger partial charge on any atom is 0.268 e. The van der Waals surface area contributed by atoms with E-state index in [1.807, 2.05) is 45.9 Å². The van der Waals surface area contributed by atoms with E-state index in [2.05, 4.69) is 25.2 Å². The lowest BCUT2D eigenvalue weighted by Gasteiger charge is -2.12. The van der Waals surface area contributed by atoms with Crippen molar-refractivity contribution in [3.8, 4) is 0 Å². The average Bonchev–Trinajstić information content (AvgIpc) is 3.72. The molecule has 0 radical (unpaired) electrons. The van der Waals surface area contributed by atoms with Gasteiger partial charge in [0.25, 0.3) is 19.1 Å². The third-order valence-electron chi connectivity index (χ3n) is 6.75. The molecule has 0 atom stereocenters. The van der Waals surface area contributed by atoms with E-state index in [9.17, 15) is 16.8 Å². The third-order valence-corrected chi connectivity index (χ3v) is 10.1. The monoisotopic (exact) mass is 633 g/mol. The van der Waals surface area contributed by atoms with E-state index in [4.69, 9.17) is 15.4 Å². The van der Waals surface area contributed by atoms with Gasteiger partial charge in [-0.15, -0.1) is 0 Å². The quantitative estimate of drug-likeness (QED) is 0.264. The number of ether oxygens (including phenoxy) is 1. The fourth-order valence-corrected chi connectivity index (χ4v) is 7.28. The molecule has 1 saturated heterocycles. The molecular formula is C33H44ClNO5S2. The van der Waals surface area contributed by atoms with Crippen LogP contribution in [0.2, 0.25) is 0 Å². The Kier molecular flexibility index (Phi) is 14.3. The number of allylic oxidation sites excluding steroid dienone is 4. The summed E-state index contributed by atoms with van der Waals surface area (Å²) >= 11 is 0. The highest BCUT2D eigenvalue weighted by atomic mass is 35.7. The van der Waals surface area contributed by atoms with Crippen molar-refractivity contribution in [1.29, 1.82) is 0 Å². The molecule has 0 N–H and O–H groups in total. The summed E-state index contributed by atoms with van der Waals surface area (Å²) in [5.74, 6) is 0. The minimum absolute atomic E-state index is 0.190. The van der Waals surface area contributed by atoms with Crippen molar-refractivity contribution in [1.82, 2.24) is 3.97 Å². The van der Waals surface area contributed by atoms with Crippen LogP contribution in [-0.4, -0.2) is 34.0 Å². The molecule has 5 rings (SSSR count). The summed E-state index contributed by atoms with van der Waals surface area (Å²) in [6.45, 7) is 13.5. The lowest BCUT2D eigenvalue weighted by atomic mass is 10.2. The van der Waals surface area contributed by atoms with E-state index in [0.717, 1.165) is 35.6 Å². The molecule has 9 heteroatoms. The van der Waals surface area contributed by atoms with Crippen LogP contribution in [0.5, 0.6) is 0 Å². The van der Waals surface area contributed by atoms with Gasteiger partial charge in [-0.25, -0.2) is 20.8 Å². The van der Waals surface area contributed by atoms with Crippen molar-refractivity contribution >= 4 is 29.8 Å². The highest BCUT2D eigenvalue weighted by Crippen LogP contribution is 2.22. The minimum Gasteiger partial charge on any atom is -0.381 e. The number of hydrogen-bond donors (Lipinski definition) is 0. The smallest absolute Gasteiger partial charge is 0.268 e. The predicted molar refractivity (Wildman–Crippen MR) is 173 cm³/mol. The molecule has 0 unspecified atom stereocenters. The number of hydrogen-bond acceptors (Lipinski definition) is 5. The van der Waals surface area contributed by atoms with Gasteiger partial charge >= 0.3 is 0 Å². The zero-order valence-corrected chi connectivity index (χ0v) is 27.9. The second kappa shape index (κ2) is 16.8. The van der Waals surface area contributed by atoms with Gasteiger partial charge in [-0.1, -0.05) is 73.0 Å². The van der Waals surface area contributed by atoms with Crippen LogP contribution in [0.4, 0.5) is 0 Å². The number of rotatable bonds is 5. The molecule has 6 nitrogen and oxygen atoms in total. The van der Waals surface area contributed by atoms with Crippen molar-refractivity contribution in [2.75, 3.05) is 13.2 Å². The molecule has 42 heavy (non-hydrogen) atoms. The maximum atomic E-state index is 12.6. The summed E-state index contributed by atoms with van der Waals surface area (Å²) in [6, 6.07) is 14.0. The number of nitrogens with zero attached hydrogens (tertiary/aromatic N) is 1. The molecule has 1 aromatic heterocycles. The summed E-state index contributed by atoms with van der Waals surface area (Å²) in [7, 11) is -1.86. The molecule has 2 heterocycles. The van der Waals surface area contributed by atoms with Crippen LogP contribution in [0.15, 0.2) is 88.3 Å². The van der Waals surface area contributed by atoms with E-state index in [1.165, 1.54) is 35.7 Å². The summed E-state index contributed by atoms with van der Waals surface area (Å²) in [5, 5.41) is 0. The van der Waals surface area contributed by atoms with Crippen molar-refractivity contribution in [3.63, 3.8) is 0 Å². The first kappa shape index (κ1) is 35.5. The van der Waals surface area contributed by atoms with Crippen molar-refractivity contribution < 1.29 is 21.6 Å². The van der Waals surface area contributed by atoms with Crippen molar-refractivity contribution in [2.24, 2.45) is 0 Å². The summed E-state index contributed by atoms with van der Waals surface area (Å²) < 4.78 is 53.3. The standard InChI is InChI=1S/C14H17NO2S.C8H9ClO2S.C7H10.C4H8O/c1-4-13-6-5-9-15(13)18(16,17)14-8-7-11(2)10-12(14)3;1-6-3-4-8(7(2)5-6)12(9,10)11;1-2-7-5-3-4-6-7;1-2-4-5-3-1/h5-10H,4H2,1-3H3;3-5H,1-2H3;3-5H,2,6H2,1H3;1-4H2. The normalized spacial score (nSPS) is 14.1. The van der Waals surface area contributed by atoms with Crippen LogP contribution in [0.3, 0.4) is 0 Å². The number of aryl methyl sites for hydroxylation is 5. The highest BCUT2D eigenvalue weighted by molar-refractivity contribution is 8.13. The Morgan fingerprint density at radius 2 is 1.38 bits per heavy atom. The summed E-state index contributed by atoms with van der Waals surface area (Å²) in [4.78, 5) is 0.564. The fourth-order valence-electron chi connectivity index (χ4n) is 4.44. The molecule has 3 aromatic rings. The Morgan fingerprint density at radius 1 is 0.810 bits per heavy atom. The molecular weight excluding hydrogens is 590 g/mol. The molecule has 230 valence electrons. The SMILES string of the molecule is C1CCOC1.CCC1=CC=CC1.CCc1cccn1S(=O)(=O)c1ccc(C)cc1C.Cc1ccc(S(=O)(=O)Cl)c(C)c1. The van der Waals surface area contributed by atoms with Gasteiger partial charge in [0, 0.05) is 35.8 Å². The lowest BCUT2D eigenvalue weighted by Crippen LogP contribution is -2.15. The Hall–Kier alpha value is -2.65. The first-order valence-electron chi connectivity index (χ1n) is 14.2. The third kappa shape index (κ3) is 10.9. The topological polar surface area (TPSA) is 82.4 Å². The van der Waals surface area contributed by atoms with Crippen LogP contribution < -0.4 is 0 Å². The summed E-state index contributed by atoms with van der Waals surface area (Å²) in [6.07, 6.45) is 13.8. The van der Waals surface area contributed by atoms with Gasteiger partial charge in [0.05, 0.1) is 9.79 Å². The first-order chi connectivity index (χ1) is 19.8. The largest absolute Gasteiger partial charge is 0.381 e. The molecule has 0 spiro atoms. The molecule has 0 saturated carbocycles. The van der Waals surface area contributed by atoms with Gasteiger partial charge in [0.1, 0.15) is 0 Å². The van der Waals surface area contributed by atoms with Gasteiger partial charge in [0.2, 0.25) is 0 Å². The van der Waals surface area contributed by atoms with Crippen molar-refractivity contribution in [3.05, 3.63) is 106 Å². The zero-order chi connectivity index (χ0) is 31.3. The second-order valence-corrected chi connectivity index (χ2v) is 14.6. The minimum atomic E-state index is -3.58. The Bertz CT molecular complexity index is 1570. The van der Waals surface area contributed by atoms with Gasteiger partial charge < -0.3 is 4.74 Å². The molecule has 0 amide bonds. The Balaban J connectivity index is 0.000000219. The van der Waals surface area contributed by atoms with E-state index >= 15 is 0 Å². The van der Waals surface area contributed by atoms with E-state index in [0.29, 0.717) is 16.9 Å². The zero-order valence-electron chi connectivity index (χ0n) is 25.6. The Labute approximate surface area is 257 Å². The first-order valence-corrected chi connectivity index (χ1v) is 18.0. The van der Waals surface area contributed by atoms with E-state index in [-0.39, 0.29) is 4.90 Å². The van der Waals surface area contributed by atoms with Gasteiger partial charge in [-0.2, -0.15) is 0 Å². The van der Waals surface area contributed by atoms with Gasteiger partial charge in [-0.3, -0.25) is 0 Å². The summed E-state index contributed by atoms with van der Waals surface area (Å²) in [5.41, 5.74) is 5.91. The molecule has 1 aliphatic carbocycles. The van der Waals surface area contributed by atoms with Crippen LogP contribution >= 0.6 is 10.7 Å². The number of halogens is 1. The highest BCUT2D eigenvalue weighted by Gasteiger charge is 2.20. The predicted octanol–water partition coefficient (Wildman–Crippen LogP) is 8.21. The average molecular weight is 634 g/mol. The lowest BCUT2D eigenvalue weighted by molar-refractivity contribution is 0.198. The molecule has 1 aliphatic heterocycles. The number of benzene rings is 2. The molecule has 2 aliphatic rings. The van der Waals surface area contributed by atoms with Gasteiger partial charge in [0.15, 0.2) is 0 Å². The number of aromatic nitrogens is 1. The van der Waals surface area contributed by atoms with Crippen LogP contribution in [0.25, 0.3) is 0 Å². The molecule has 0 bridgehead atoms. The molecule has 2 aromatic carbocycles. The molecule has 1 fully saturated rings. The maximum absolute atomic E-state index is 12.6. The van der Waals surface area contributed by atoms with Crippen LogP contribution in [0.1, 0.15) is 67.5 Å². The van der Waals surface area contributed by atoms with Crippen molar-refractivity contribution in [2.45, 2.75) is 83.4 Å². The van der Waals surface area contributed by atoms with E-state index < -0.39 is 19.1 Å². The van der Waals surface area contributed by atoms with Gasteiger partial charge in [-0.05, 0) is 95.2 Å². The Morgan fingerprint density at radius 3 is 1.76 bits per heavy atom. The second-order valence-electron chi connectivity index (χ2n) is 10.3. The van der Waals surface area contributed by atoms with Crippen LogP contribution in [-0.2, 0) is 30.2 Å². The van der Waals surface area contributed by atoms with E-state index in [1.54, 1.807) is 43.0 Å².